The lowest BCUT2D eigenvalue weighted by Crippen LogP contribution is -2.40. The molecule has 0 aromatic rings. The molecule has 0 amide bonds. The zero-order chi connectivity index (χ0) is 13.6. The molecule has 2 heteroatoms. The van der Waals surface area contributed by atoms with E-state index < -0.39 is 0 Å². The van der Waals surface area contributed by atoms with E-state index in [4.69, 9.17) is 9.47 Å². The number of fused-ring (bicyclic) bond motifs is 2. The van der Waals surface area contributed by atoms with Gasteiger partial charge in [0, 0.05) is 0 Å². The quantitative estimate of drug-likeness (QED) is 0.705. The van der Waals surface area contributed by atoms with Crippen LogP contribution in [0.3, 0.4) is 0 Å². The first-order chi connectivity index (χ1) is 8.32. The van der Waals surface area contributed by atoms with E-state index in [2.05, 4.69) is 47.3 Å². The molecule has 2 aliphatic rings. The molecule has 2 rings (SSSR count). The zero-order valence-corrected chi connectivity index (χ0v) is 12.4. The van der Waals surface area contributed by atoms with Crippen molar-refractivity contribution in [3.63, 3.8) is 0 Å². The molecule has 2 nitrogen and oxygen atoms in total. The standard InChI is InChI=1S/C16H26O2/c1-11(2)7-10-17-14-13(5)16(12(3)4)9-8-15(14,6)18-16/h7,12,14H,5,8-10H2,1-4,6H3/t14-,15+,16+/m1/s1. The number of ether oxygens (including phenoxy) is 2. The summed E-state index contributed by atoms with van der Waals surface area (Å²) in [5, 5.41) is 0. The lowest BCUT2D eigenvalue weighted by atomic mass is 9.72. The first-order valence-corrected chi connectivity index (χ1v) is 6.96. The Kier molecular flexibility index (Phi) is 3.46. The molecule has 2 saturated heterocycles. The van der Waals surface area contributed by atoms with Gasteiger partial charge < -0.3 is 9.47 Å². The third-order valence-corrected chi connectivity index (χ3v) is 4.51. The molecule has 0 N–H and O–H groups in total. The summed E-state index contributed by atoms with van der Waals surface area (Å²) in [6.45, 7) is 15.7. The minimum Gasteiger partial charge on any atom is -0.367 e. The number of hydrogen-bond acceptors (Lipinski definition) is 2. The average molecular weight is 250 g/mol. The minimum absolute atomic E-state index is 0.0456. The van der Waals surface area contributed by atoms with Gasteiger partial charge in [0.15, 0.2) is 0 Å². The van der Waals surface area contributed by atoms with E-state index in [1.807, 2.05) is 0 Å². The van der Waals surface area contributed by atoms with Gasteiger partial charge in [-0.15, -0.1) is 0 Å². The monoisotopic (exact) mass is 250 g/mol. The highest BCUT2D eigenvalue weighted by atomic mass is 16.6. The van der Waals surface area contributed by atoms with Crippen LogP contribution >= 0.6 is 0 Å². The molecule has 0 spiro atoms. The third kappa shape index (κ3) is 1.96. The normalized spacial score (nSPS) is 38.6. The zero-order valence-electron chi connectivity index (χ0n) is 12.4. The molecule has 0 aliphatic carbocycles. The molecule has 102 valence electrons. The van der Waals surface area contributed by atoms with Crippen molar-refractivity contribution in [2.75, 3.05) is 6.61 Å². The highest BCUT2D eigenvalue weighted by molar-refractivity contribution is 5.33. The van der Waals surface area contributed by atoms with Crippen molar-refractivity contribution in [1.29, 1.82) is 0 Å². The molecule has 0 saturated carbocycles. The van der Waals surface area contributed by atoms with E-state index >= 15 is 0 Å². The summed E-state index contributed by atoms with van der Waals surface area (Å²) in [7, 11) is 0. The summed E-state index contributed by atoms with van der Waals surface area (Å²) in [5.41, 5.74) is 2.11. The Morgan fingerprint density at radius 2 is 2.17 bits per heavy atom. The Morgan fingerprint density at radius 1 is 1.50 bits per heavy atom. The molecular weight excluding hydrogens is 224 g/mol. The van der Waals surface area contributed by atoms with E-state index in [9.17, 15) is 0 Å². The van der Waals surface area contributed by atoms with Gasteiger partial charge in [-0.3, -0.25) is 0 Å². The molecule has 2 heterocycles. The smallest absolute Gasteiger partial charge is 0.110 e. The highest BCUT2D eigenvalue weighted by Crippen LogP contribution is 2.57. The van der Waals surface area contributed by atoms with Gasteiger partial charge >= 0.3 is 0 Å². The fourth-order valence-corrected chi connectivity index (χ4v) is 3.32. The molecule has 3 atom stereocenters. The van der Waals surface area contributed by atoms with Crippen LogP contribution in [0.4, 0.5) is 0 Å². The summed E-state index contributed by atoms with van der Waals surface area (Å²) in [6.07, 6.45) is 4.32. The number of rotatable bonds is 4. The van der Waals surface area contributed by atoms with Crippen molar-refractivity contribution in [3.05, 3.63) is 23.8 Å². The van der Waals surface area contributed by atoms with Crippen molar-refractivity contribution >= 4 is 0 Å². The Balaban J connectivity index is 2.14. The SMILES string of the molecule is C=C1[C@@H](OCC=C(C)C)[C@]2(C)CC[C@@]1(C(C)C)O2. The van der Waals surface area contributed by atoms with Crippen LogP contribution in [0.15, 0.2) is 23.8 Å². The first kappa shape index (κ1) is 13.8. The van der Waals surface area contributed by atoms with Crippen LogP contribution in [0.25, 0.3) is 0 Å². The van der Waals surface area contributed by atoms with Crippen molar-refractivity contribution in [2.24, 2.45) is 5.92 Å². The van der Waals surface area contributed by atoms with E-state index in [1.54, 1.807) is 0 Å². The van der Waals surface area contributed by atoms with Gasteiger partial charge in [0.2, 0.25) is 0 Å². The third-order valence-electron chi connectivity index (χ3n) is 4.51. The first-order valence-electron chi connectivity index (χ1n) is 6.96. The topological polar surface area (TPSA) is 18.5 Å². The second kappa shape index (κ2) is 4.50. The molecule has 18 heavy (non-hydrogen) atoms. The van der Waals surface area contributed by atoms with Crippen LogP contribution in [0.1, 0.15) is 47.5 Å². The highest BCUT2D eigenvalue weighted by Gasteiger charge is 2.63. The van der Waals surface area contributed by atoms with Crippen molar-refractivity contribution < 1.29 is 9.47 Å². The summed E-state index contributed by atoms with van der Waals surface area (Å²) in [4.78, 5) is 0. The molecule has 0 aromatic carbocycles. The van der Waals surface area contributed by atoms with Gasteiger partial charge in [0.1, 0.15) is 6.10 Å². The Morgan fingerprint density at radius 3 is 2.67 bits per heavy atom. The minimum atomic E-state index is -0.170. The molecule has 2 fully saturated rings. The maximum absolute atomic E-state index is 6.35. The van der Waals surface area contributed by atoms with Gasteiger partial charge in [-0.2, -0.15) is 0 Å². The van der Waals surface area contributed by atoms with Gasteiger partial charge in [0.05, 0.1) is 17.8 Å². The summed E-state index contributed by atoms with van der Waals surface area (Å²) in [6, 6.07) is 0. The molecule has 2 aliphatic heterocycles. The lowest BCUT2D eigenvalue weighted by molar-refractivity contribution is -0.0894. The van der Waals surface area contributed by atoms with E-state index in [-0.39, 0.29) is 17.3 Å². The van der Waals surface area contributed by atoms with Crippen molar-refractivity contribution in [1.82, 2.24) is 0 Å². The Bertz CT molecular complexity index is 379. The van der Waals surface area contributed by atoms with Crippen LogP contribution in [-0.4, -0.2) is 23.9 Å². The molecule has 0 radical (unpaired) electrons. The maximum atomic E-state index is 6.35. The predicted molar refractivity (Wildman–Crippen MR) is 74.6 cm³/mol. The molecular formula is C16H26O2. The molecule has 2 bridgehead atoms. The molecule has 0 unspecified atom stereocenters. The van der Waals surface area contributed by atoms with Gasteiger partial charge in [-0.1, -0.05) is 32.1 Å². The van der Waals surface area contributed by atoms with E-state index in [1.165, 1.54) is 5.57 Å². The van der Waals surface area contributed by atoms with E-state index in [0.29, 0.717) is 12.5 Å². The summed E-state index contributed by atoms with van der Waals surface area (Å²) < 4.78 is 12.4. The van der Waals surface area contributed by atoms with Gasteiger partial charge in [-0.25, -0.2) is 0 Å². The second-order valence-corrected chi connectivity index (χ2v) is 6.48. The fraction of sp³-hybridized carbons (Fsp3) is 0.750. The second-order valence-electron chi connectivity index (χ2n) is 6.48. The number of allylic oxidation sites excluding steroid dienone is 1. The van der Waals surface area contributed by atoms with Crippen LogP contribution in [0.2, 0.25) is 0 Å². The molecule has 0 aromatic heterocycles. The van der Waals surface area contributed by atoms with Crippen LogP contribution in [0, 0.1) is 5.92 Å². The van der Waals surface area contributed by atoms with Crippen LogP contribution < -0.4 is 0 Å². The largest absolute Gasteiger partial charge is 0.367 e. The maximum Gasteiger partial charge on any atom is 0.110 e. The van der Waals surface area contributed by atoms with Gasteiger partial charge in [-0.05, 0) is 45.1 Å². The van der Waals surface area contributed by atoms with Gasteiger partial charge in [0.25, 0.3) is 0 Å². The lowest BCUT2D eigenvalue weighted by Gasteiger charge is -2.34. The van der Waals surface area contributed by atoms with Crippen molar-refractivity contribution in [2.45, 2.75) is 64.8 Å². The average Bonchev–Trinajstić information content (AvgIpc) is 2.72. The fourth-order valence-electron chi connectivity index (χ4n) is 3.32. The Hall–Kier alpha value is -0.600. The summed E-state index contributed by atoms with van der Waals surface area (Å²) in [5.74, 6) is 0.462. The summed E-state index contributed by atoms with van der Waals surface area (Å²) >= 11 is 0. The van der Waals surface area contributed by atoms with E-state index in [0.717, 1.165) is 18.4 Å². The Labute approximate surface area is 111 Å². The van der Waals surface area contributed by atoms with Crippen molar-refractivity contribution in [3.8, 4) is 0 Å². The predicted octanol–water partition coefficient (Wildman–Crippen LogP) is 3.87. The van der Waals surface area contributed by atoms with Crippen LogP contribution in [0.5, 0.6) is 0 Å². The van der Waals surface area contributed by atoms with Crippen LogP contribution in [-0.2, 0) is 9.47 Å². The number of hydrogen-bond donors (Lipinski definition) is 0.